The van der Waals surface area contributed by atoms with Crippen LogP contribution in [-0.4, -0.2) is 0 Å². The smallest absolute Gasteiger partial charge is 0.127 e. The fourth-order valence-electron chi connectivity index (χ4n) is 15.8. The summed E-state index contributed by atoms with van der Waals surface area (Å²) < 4.78 is 44.3. The van der Waals surface area contributed by atoms with Crippen LogP contribution in [0, 0.1) is 11.6 Å². The van der Waals surface area contributed by atoms with E-state index >= 15 is 8.78 Å². The van der Waals surface area contributed by atoms with E-state index in [1.807, 2.05) is 12.1 Å². The first-order valence-electron chi connectivity index (χ1n) is 33.1. The number of nitrogens with zero attached hydrogens (tertiary/aromatic N) is 2. The summed E-state index contributed by atoms with van der Waals surface area (Å²) >= 11 is 0. The van der Waals surface area contributed by atoms with Crippen molar-refractivity contribution in [1.29, 1.82) is 0 Å². The average molecular weight is 1240 g/mol. The second-order valence-corrected chi connectivity index (χ2v) is 25.6. The van der Waals surface area contributed by atoms with E-state index in [4.69, 9.17) is 9.47 Å². The molecule has 2 atom stereocenters. The van der Waals surface area contributed by atoms with E-state index in [1.165, 1.54) is 56.6 Å². The van der Waals surface area contributed by atoms with Gasteiger partial charge in [0, 0.05) is 34.1 Å². The van der Waals surface area contributed by atoms with Crippen LogP contribution in [0.4, 0.5) is 42.9 Å². The zero-order valence-electron chi connectivity index (χ0n) is 52.5. The van der Waals surface area contributed by atoms with Gasteiger partial charge in [-0.05, 0) is 259 Å². The highest BCUT2D eigenvalue weighted by Gasteiger charge is 2.48. The second-order valence-electron chi connectivity index (χ2n) is 25.6. The molecule has 0 fully saturated rings. The molecular weight excluding hydrogens is 1180 g/mol. The van der Waals surface area contributed by atoms with Crippen LogP contribution in [0.15, 0.2) is 328 Å². The molecule has 0 spiro atoms. The summed E-state index contributed by atoms with van der Waals surface area (Å²) in [5.74, 6) is 2.59. The molecule has 14 aromatic rings. The number of ether oxygens (including phenoxy) is 2. The van der Waals surface area contributed by atoms with Crippen LogP contribution in [0.5, 0.6) is 23.0 Å². The minimum Gasteiger partial charge on any atom is -0.457 e. The normalized spacial score (nSPS) is 15.7. The molecule has 0 saturated carbocycles. The SMILES string of the molecule is Fc1cccc(N(c2ccc(-c3ccc(N(c4cccc(F)c4)c4ccc5c(c4)C(c4ccccc4)(c4ccc(Oc6ccc7c(c6)CC7)cc4)c4ccccc4-5)cc3)cc2)c2ccc3c(c2)C(c2ccccc2)(c2ccc(Oc4ccc5c(c4)CC5)cc2)c2ccccc2-3)c1. The topological polar surface area (TPSA) is 24.9 Å². The summed E-state index contributed by atoms with van der Waals surface area (Å²) in [5.41, 5.74) is 24.7. The molecule has 0 saturated heterocycles. The van der Waals surface area contributed by atoms with Gasteiger partial charge in [0.2, 0.25) is 0 Å². The lowest BCUT2D eigenvalue weighted by Gasteiger charge is -2.35. The Hall–Kier alpha value is -11.9. The van der Waals surface area contributed by atoms with Gasteiger partial charge in [-0.2, -0.15) is 0 Å². The van der Waals surface area contributed by atoms with Gasteiger partial charge in [-0.15, -0.1) is 0 Å². The van der Waals surface area contributed by atoms with E-state index in [-0.39, 0.29) is 11.6 Å². The van der Waals surface area contributed by atoms with Crippen LogP contribution in [0.2, 0.25) is 0 Å². The van der Waals surface area contributed by atoms with Crippen molar-refractivity contribution >= 4 is 34.1 Å². The number of aryl methyl sites for hydroxylation is 4. The highest BCUT2D eigenvalue weighted by Crippen LogP contribution is 2.60. The lowest BCUT2D eigenvalue weighted by molar-refractivity contribution is 0.480. The lowest BCUT2D eigenvalue weighted by atomic mass is 9.67. The zero-order valence-corrected chi connectivity index (χ0v) is 52.5. The molecule has 14 aromatic carbocycles. The predicted octanol–water partition coefficient (Wildman–Crippen LogP) is 23.1. The van der Waals surface area contributed by atoms with Gasteiger partial charge >= 0.3 is 0 Å². The molecular formula is C90H62F2N2O2. The third-order valence-electron chi connectivity index (χ3n) is 20.4. The van der Waals surface area contributed by atoms with E-state index < -0.39 is 10.8 Å². The maximum Gasteiger partial charge on any atom is 0.127 e. The molecule has 0 heterocycles. The van der Waals surface area contributed by atoms with Crippen molar-refractivity contribution in [2.45, 2.75) is 36.5 Å². The van der Waals surface area contributed by atoms with Crippen LogP contribution in [0.1, 0.15) is 66.8 Å². The molecule has 0 N–H and O–H groups in total. The van der Waals surface area contributed by atoms with Crippen molar-refractivity contribution in [3.05, 3.63) is 406 Å². The van der Waals surface area contributed by atoms with Crippen molar-refractivity contribution in [1.82, 2.24) is 0 Å². The first kappa shape index (κ1) is 56.9. The van der Waals surface area contributed by atoms with Crippen molar-refractivity contribution in [3.8, 4) is 56.4 Å². The largest absolute Gasteiger partial charge is 0.457 e. The Labute approximate surface area is 557 Å². The summed E-state index contributed by atoms with van der Waals surface area (Å²) in [5, 5.41) is 0. The molecule has 18 rings (SSSR count). The van der Waals surface area contributed by atoms with Crippen LogP contribution >= 0.6 is 0 Å². The van der Waals surface area contributed by atoms with Gasteiger partial charge in [0.15, 0.2) is 0 Å². The van der Waals surface area contributed by atoms with E-state index in [0.717, 1.165) is 127 Å². The summed E-state index contributed by atoms with van der Waals surface area (Å²) in [6.07, 6.45) is 4.42. The molecule has 0 bridgehead atoms. The minimum absolute atomic E-state index is 0.326. The number of benzene rings is 14. The predicted molar refractivity (Wildman–Crippen MR) is 384 cm³/mol. The Morgan fingerprint density at radius 3 is 0.969 bits per heavy atom. The molecule has 0 amide bonds. The van der Waals surface area contributed by atoms with Gasteiger partial charge in [0.1, 0.15) is 34.6 Å². The van der Waals surface area contributed by atoms with Gasteiger partial charge in [-0.1, -0.05) is 194 Å². The summed E-state index contributed by atoms with van der Waals surface area (Å²) in [7, 11) is 0. The first-order valence-corrected chi connectivity index (χ1v) is 33.1. The molecule has 2 unspecified atom stereocenters. The van der Waals surface area contributed by atoms with Crippen LogP contribution in [-0.2, 0) is 36.5 Å². The van der Waals surface area contributed by atoms with Crippen molar-refractivity contribution in [3.63, 3.8) is 0 Å². The quantitative estimate of drug-likeness (QED) is 0.102. The number of hydrogen-bond donors (Lipinski definition) is 0. The van der Waals surface area contributed by atoms with E-state index in [2.05, 4.69) is 289 Å². The number of hydrogen-bond acceptors (Lipinski definition) is 4. The maximum atomic E-state index is 15.7. The third-order valence-corrected chi connectivity index (χ3v) is 20.4. The standard InChI is InChI=1S/C90H62F2N2O2/c91-69-17-11-19-73(55-69)93(75-43-51-83-81-21-7-9-23-85(81)89(87(83)57-75,65-13-3-1-4-14-65)67-35-47-77(48-36-67)95-79-45-33-61-25-27-63(61)53-79)71-39-29-59(30-40-71)60-31-41-72(42-32-60)94(74-20-12-18-70(92)56-74)76-44-52-84-82-22-8-10-24-86(82)90(88(84)58-76,66-15-5-2-6-16-66)68-37-49-78(50-38-68)96-80-46-34-62-26-28-64(62)54-80/h1-24,29-58H,25-28H2. The molecule has 4 nitrogen and oxygen atoms in total. The molecule has 96 heavy (non-hydrogen) atoms. The number of rotatable bonds is 15. The molecule has 6 heteroatoms. The monoisotopic (exact) mass is 1240 g/mol. The number of anilines is 6. The number of halogens is 2. The minimum atomic E-state index is -0.711. The summed E-state index contributed by atoms with van der Waals surface area (Å²) in [4.78, 5) is 4.30. The van der Waals surface area contributed by atoms with Crippen molar-refractivity contribution < 1.29 is 18.3 Å². The van der Waals surface area contributed by atoms with Gasteiger partial charge in [-0.25, -0.2) is 8.78 Å². The third kappa shape index (κ3) is 9.38. The van der Waals surface area contributed by atoms with Gasteiger partial charge < -0.3 is 19.3 Å². The lowest BCUT2D eigenvalue weighted by Crippen LogP contribution is -2.28. The highest BCUT2D eigenvalue weighted by molar-refractivity contribution is 5.92. The first-order chi connectivity index (χ1) is 47.3. The fraction of sp³-hybridized carbons (Fsp3) is 0.0667. The molecule has 0 aromatic heterocycles. The van der Waals surface area contributed by atoms with E-state index in [9.17, 15) is 0 Å². The molecule has 4 aliphatic carbocycles. The molecule has 4 aliphatic rings. The van der Waals surface area contributed by atoms with Crippen LogP contribution < -0.4 is 19.3 Å². The van der Waals surface area contributed by atoms with Crippen molar-refractivity contribution in [2.24, 2.45) is 0 Å². The average Bonchev–Trinajstić information content (AvgIpc) is 1.53. The summed E-state index contributed by atoms with van der Waals surface area (Å²) in [6.45, 7) is 0. The Morgan fingerprint density at radius 1 is 0.240 bits per heavy atom. The van der Waals surface area contributed by atoms with Crippen molar-refractivity contribution in [2.75, 3.05) is 9.80 Å². The second kappa shape index (κ2) is 23.0. The summed E-state index contributed by atoms with van der Waals surface area (Å²) in [6, 6.07) is 113. The van der Waals surface area contributed by atoms with Gasteiger partial charge in [-0.3, -0.25) is 0 Å². The maximum absolute atomic E-state index is 15.7. The Morgan fingerprint density at radius 2 is 0.583 bits per heavy atom. The van der Waals surface area contributed by atoms with E-state index in [0.29, 0.717) is 11.4 Å². The Balaban J connectivity index is 0.703. The van der Waals surface area contributed by atoms with Crippen LogP contribution in [0.3, 0.4) is 0 Å². The van der Waals surface area contributed by atoms with E-state index in [1.54, 1.807) is 24.3 Å². The Kier molecular flexibility index (Phi) is 13.6. The highest BCUT2D eigenvalue weighted by atomic mass is 19.1. The molecule has 0 aliphatic heterocycles. The van der Waals surface area contributed by atoms with Gasteiger partial charge in [0.25, 0.3) is 0 Å². The van der Waals surface area contributed by atoms with Gasteiger partial charge in [0.05, 0.1) is 10.8 Å². The van der Waals surface area contributed by atoms with Crippen LogP contribution in [0.25, 0.3) is 33.4 Å². The number of fused-ring (bicyclic) bond motifs is 8. The molecule has 0 radical (unpaired) electrons. The Bertz CT molecular complexity index is 4990. The molecule has 458 valence electrons. The zero-order chi connectivity index (χ0) is 63.9. The fourth-order valence-corrected chi connectivity index (χ4v) is 15.8.